The highest BCUT2D eigenvalue weighted by atomic mass is 79.9. The first-order valence-corrected chi connectivity index (χ1v) is 8.51. The minimum atomic E-state index is -0.830. The zero-order valence-electron chi connectivity index (χ0n) is 13.7. The van der Waals surface area contributed by atoms with Gasteiger partial charge in [0.15, 0.2) is 0 Å². The number of amides is 1. The van der Waals surface area contributed by atoms with E-state index in [-0.39, 0.29) is 16.9 Å². The number of hydrogen-bond acceptors (Lipinski definition) is 3. The van der Waals surface area contributed by atoms with Crippen LogP contribution < -0.4 is 4.90 Å². The second-order valence-corrected chi connectivity index (χ2v) is 8.24. The van der Waals surface area contributed by atoms with Gasteiger partial charge in [-0.25, -0.2) is 9.78 Å². The largest absolute Gasteiger partial charge is 0.465 e. The lowest BCUT2D eigenvalue weighted by atomic mass is 9.58. The molecule has 0 aromatic carbocycles. The third-order valence-corrected chi connectivity index (χ3v) is 6.16. The molecule has 1 aromatic heterocycles. The lowest BCUT2D eigenvalue weighted by Crippen LogP contribution is -2.69. The summed E-state index contributed by atoms with van der Waals surface area (Å²) in [5.74, 6) is 0. The molecule has 6 heteroatoms. The van der Waals surface area contributed by atoms with Crippen molar-refractivity contribution >= 4 is 33.8 Å². The summed E-state index contributed by atoms with van der Waals surface area (Å²) in [6.07, 6.45) is 2.78. The highest BCUT2D eigenvalue weighted by Crippen LogP contribution is 2.56. The van der Waals surface area contributed by atoms with Crippen LogP contribution in [0.4, 0.5) is 10.5 Å². The van der Waals surface area contributed by atoms with Gasteiger partial charge in [-0.05, 0) is 27.4 Å². The number of carboxylic acid groups (broad SMARTS) is 1. The van der Waals surface area contributed by atoms with Crippen molar-refractivity contribution in [3.05, 3.63) is 29.0 Å². The van der Waals surface area contributed by atoms with E-state index in [2.05, 4.69) is 59.2 Å². The van der Waals surface area contributed by atoms with Gasteiger partial charge in [0.05, 0.1) is 17.9 Å². The number of carbonyl (C=O) groups is 1. The molecule has 0 bridgehead atoms. The van der Waals surface area contributed by atoms with Crippen molar-refractivity contribution in [3.63, 3.8) is 0 Å². The van der Waals surface area contributed by atoms with E-state index < -0.39 is 6.09 Å². The van der Waals surface area contributed by atoms with Crippen LogP contribution in [0.1, 0.15) is 26.3 Å². The average molecular weight is 380 g/mol. The maximum atomic E-state index is 11.5. The molecule has 0 spiro atoms. The molecule has 23 heavy (non-hydrogen) atoms. The van der Waals surface area contributed by atoms with E-state index in [9.17, 15) is 9.90 Å². The molecule has 3 rings (SSSR count). The zero-order valence-corrected chi connectivity index (χ0v) is 15.3. The lowest BCUT2D eigenvalue weighted by Gasteiger charge is -2.60. The summed E-state index contributed by atoms with van der Waals surface area (Å²) in [7, 11) is 0. The third-order valence-electron chi connectivity index (χ3n) is 5.50. The van der Waals surface area contributed by atoms with Crippen LogP contribution in [0.5, 0.6) is 0 Å². The molecule has 2 aliphatic heterocycles. The Morgan fingerprint density at radius 1 is 1.52 bits per heavy atom. The molecule has 124 valence electrons. The smallest absolute Gasteiger partial charge is 0.407 e. The summed E-state index contributed by atoms with van der Waals surface area (Å²) < 4.78 is 0.775. The van der Waals surface area contributed by atoms with Gasteiger partial charge >= 0.3 is 6.09 Å². The molecule has 0 aliphatic carbocycles. The molecule has 1 aromatic rings. The molecule has 3 heterocycles. The Bertz CT molecular complexity index is 670. The van der Waals surface area contributed by atoms with Crippen LogP contribution in [0.3, 0.4) is 0 Å². The number of anilines is 1. The molecule has 0 radical (unpaired) electrons. The first-order chi connectivity index (χ1) is 10.7. The van der Waals surface area contributed by atoms with Gasteiger partial charge in [0.1, 0.15) is 4.60 Å². The average Bonchev–Trinajstić information content (AvgIpc) is 2.75. The molecule has 2 fully saturated rings. The topological polar surface area (TPSA) is 56.7 Å². The van der Waals surface area contributed by atoms with Gasteiger partial charge in [-0.2, -0.15) is 0 Å². The standard InChI is InChI=1S/C17H22BrN3O2/c1-5-11-6-12(7-19-14(11)18)21-10-17(16(2,3)4)9-20(15(22)23)8-13(17)21/h5-7,13H,1,8-10H2,2-4H3,(H,22,23)/t13-,17+/m0/s1. The highest BCUT2D eigenvalue weighted by molar-refractivity contribution is 9.10. The van der Waals surface area contributed by atoms with Gasteiger partial charge in [0.2, 0.25) is 0 Å². The van der Waals surface area contributed by atoms with Crippen LogP contribution in [0.2, 0.25) is 0 Å². The van der Waals surface area contributed by atoms with Crippen LogP contribution in [-0.2, 0) is 0 Å². The summed E-state index contributed by atoms with van der Waals surface area (Å²) in [5.41, 5.74) is 2.01. The fourth-order valence-electron chi connectivity index (χ4n) is 3.89. The fourth-order valence-corrected chi connectivity index (χ4v) is 4.27. The van der Waals surface area contributed by atoms with E-state index in [1.807, 2.05) is 6.20 Å². The van der Waals surface area contributed by atoms with Gasteiger partial charge in [0, 0.05) is 30.6 Å². The molecular weight excluding hydrogens is 358 g/mol. The number of pyridine rings is 1. The van der Waals surface area contributed by atoms with Crippen molar-refractivity contribution in [1.82, 2.24) is 9.88 Å². The summed E-state index contributed by atoms with van der Waals surface area (Å²) >= 11 is 3.42. The van der Waals surface area contributed by atoms with Crippen molar-refractivity contribution in [2.45, 2.75) is 26.8 Å². The molecule has 1 N–H and O–H groups in total. The predicted octanol–water partition coefficient (Wildman–Crippen LogP) is 3.70. The van der Waals surface area contributed by atoms with E-state index in [1.165, 1.54) is 0 Å². The van der Waals surface area contributed by atoms with E-state index in [0.29, 0.717) is 13.1 Å². The van der Waals surface area contributed by atoms with Crippen LogP contribution in [0.15, 0.2) is 23.4 Å². The summed E-state index contributed by atoms with van der Waals surface area (Å²) in [5, 5.41) is 9.41. The Kier molecular flexibility index (Phi) is 3.71. The third kappa shape index (κ3) is 2.35. The van der Waals surface area contributed by atoms with Crippen molar-refractivity contribution in [2.24, 2.45) is 10.8 Å². The first kappa shape index (κ1) is 16.3. The Morgan fingerprint density at radius 2 is 2.22 bits per heavy atom. The maximum absolute atomic E-state index is 11.5. The molecule has 0 saturated carbocycles. The monoisotopic (exact) mass is 379 g/mol. The summed E-state index contributed by atoms with van der Waals surface area (Å²) in [4.78, 5) is 19.7. The highest BCUT2D eigenvalue weighted by Gasteiger charge is 2.64. The first-order valence-electron chi connectivity index (χ1n) is 7.72. The van der Waals surface area contributed by atoms with Crippen LogP contribution in [0, 0.1) is 10.8 Å². The van der Waals surface area contributed by atoms with Gasteiger partial charge in [-0.3, -0.25) is 0 Å². The molecule has 5 nitrogen and oxygen atoms in total. The molecule has 2 aliphatic rings. The second kappa shape index (κ2) is 5.23. The normalized spacial score (nSPS) is 26.7. The van der Waals surface area contributed by atoms with E-state index in [0.717, 1.165) is 22.4 Å². The zero-order chi connectivity index (χ0) is 17.0. The Balaban J connectivity index is 1.94. The number of fused-ring (bicyclic) bond motifs is 1. The number of rotatable bonds is 2. The second-order valence-electron chi connectivity index (χ2n) is 7.49. The SMILES string of the molecule is C=Cc1cc(N2C[C@]3(C(C)(C)C)CN(C(=O)O)C[C@H]23)cnc1Br. The number of halogens is 1. The quantitative estimate of drug-likeness (QED) is 0.795. The van der Waals surface area contributed by atoms with Gasteiger partial charge in [-0.1, -0.05) is 33.4 Å². The van der Waals surface area contributed by atoms with E-state index in [4.69, 9.17) is 0 Å². The van der Waals surface area contributed by atoms with Gasteiger partial charge in [0.25, 0.3) is 0 Å². The molecule has 2 saturated heterocycles. The van der Waals surface area contributed by atoms with Crippen molar-refractivity contribution in [1.29, 1.82) is 0 Å². The molecular formula is C17H22BrN3O2. The van der Waals surface area contributed by atoms with Gasteiger partial charge in [-0.15, -0.1) is 0 Å². The summed E-state index contributed by atoms with van der Waals surface area (Å²) in [6.45, 7) is 12.4. The molecule has 0 unspecified atom stereocenters. The number of hydrogen-bond donors (Lipinski definition) is 1. The summed E-state index contributed by atoms with van der Waals surface area (Å²) in [6, 6.07) is 2.25. The van der Waals surface area contributed by atoms with Crippen molar-refractivity contribution in [2.75, 3.05) is 24.5 Å². The number of aromatic nitrogens is 1. The van der Waals surface area contributed by atoms with Crippen LogP contribution >= 0.6 is 15.9 Å². The van der Waals surface area contributed by atoms with Crippen molar-refractivity contribution < 1.29 is 9.90 Å². The minimum Gasteiger partial charge on any atom is -0.465 e. The van der Waals surface area contributed by atoms with Crippen molar-refractivity contribution in [3.8, 4) is 0 Å². The lowest BCUT2D eigenvalue weighted by molar-refractivity contribution is 0.0309. The number of likely N-dealkylation sites (tertiary alicyclic amines) is 1. The minimum absolute atomic E-state index is 0.00714. The van der Waals surface area contributed by atoms with E-state index >= 15 is 0 Å². The molecule has 2 atom stereocenters. The Hall–Kier alpha value is -1.56. The number of nitrogens with zero attached hydrogens (tertiary/aromatic N) is 3. The Morgan fingerprint density at radius 3 is 2.78 bits per heavy atom. The maximum Gasteiger partial charge on any atom is 0.407 e. The molecule has 1 amide bonds. The fraction of sp³-hybridized carbons (Fsp3) is 0.529. The predicted molar refractivity (Wildman–Crippen MR) is 94.6 cm³/mol. The Labute approximate surface area is 145 Å². The van der Waals surface area contributed by atoms with E-state index in [1.54, 1.807) is 11.0 Å². The van der Waals surface area contributed by atoms with Crippen LogP contribution in [-0.4, -0.2) is 46.8 Å². The van der Waals surface area contributed by atoms with Crippen LogP contribution in [0.25, 0.3) is 6.08 Å². The van der Waals surface area contributed by atoms with Gasteiger partial charge < -0.3 is 14.9 Å².